The van der Waals surface area contributed by atoms with Gasteiger partial charge in [0.25, 0.3) is 0 Å². The Morgan fingerprint density at radius 3 is 2.53 bits per heavy atom. The molecule has 1 aliphatic carbocycles. The van der Waals surface area contributed by atoms with Crippen LogP contribution in [0.4, 0.5) is 5.69 Å². The highest BCUT2D eigenvalue weighted by Gasteiger charge is 2.54. The van der Waals surface area contributed by atoms with Crippen molar-refractivity contribution in [2.24, 2.45) is 11.8 Å². The lowest BCUT2D eigenvalue weighted by Crippen LogP contribution is -2.56. The number of nitrogens with two attached hydrogens (primary N) is 1. The number of hydrogen-bond donors (Lipinski definition) is 5. The van der Waals surface area contributed by atoms with E-state index in [1.165, 1.54) is 0 Å². The van der Waals surface area contributed by atoms with Crippen molar-refractivity contribution in [1.82, 2.24) is 10.6 Å². The van der Waals surface area contributed by atoms with Crippen LogP contribution in [-0.2, 0) is 32.0 Å². The van der Waals surface area contributed by atoms with E-state index in [2.05, 4.69) is 10.6 Å². The highest BCUT2D eigenvalue weighted by Crippen LogP contribution is 2.31. The van der Waals surface area contributed by atoms with E-state index in [1.807, 2.05) is 32.0 Å². The Labute approximate surface area is 187 Å². The molecule has 0 radical (unpaired) electrons. The summed E-state index contributed by atoms with van der Waals surface area (Å²) in [7, 11) is 0. The van der Waals surface area contributed by atoms with Crippen LogP contribution in [0.5, 0.6) is 0 Å². The predicted molar refractivity (Wildman–Crippen MR) is 118 cm³/mol. The van der Waals surface area contributed by atoms with Crippen molar-refractivity contribution in [3.63, 3.8) is 0 Å². The van der Waals surface area contributed by atoms with Crippen LogP contribution in [-0.4, -0.2) is 65.3 Å². The van der Waals surface area contributed by atoms with Gasteiger partial charge >= 0.3 is 0 Å². The number of nitrogens with one attached hydrogen (secondary N) is 2. The monoisotopic (exact) mass is 447 g/mol. The van der Waals surface area contributed by atoms with Gasteiger partial charge in [0, 0.05) is 11.6 Å². The lowest BCUT2D eigenvalue weighted by Gasteiger charge is -2.28. The molecule has 0 aromatic heterocycles. The molecule has 1 aliphatic heterocycles. The maximum atomic E-state index is 12.8. The largest absolute Gasteiger partial charge is 0.398 e. The molecule has 9 nitrogen and oxygen atoms in total. The van der Waals surface area contributed by atoms with E-state index < -0.39 is 42.6 Å². The zero-order valence-electron chi connectivity index (χ0n) is 18.6. The van der Waals surface area contributed by atoms with E-state index in [-0.39, 0.29) is 24.3 Å². The first-order valence-electron chi connectivity index (χ1n) is 11.1. The van der Waals surface area contributed by atoms with Crippen LogP contribution in [0, 0.1) is 11.8 Å². The lowest BCUT2D eigenvalue weighted by molar-refractivity contribution is -0.135. The molecule has 32 heavy (non-hydrogen) atoms. The number of nitrogen functional groups attached to an aromatic ring is 1. The Hall–Kier alpha value is -2.49. The molecule has 3 unspecified atom stereocenters. The van der Waals surface area contributed by atoms with Crippen LogP contribution in [0.15, 0.2) is 18.2 Å². The molecule has 1 fully saturated rings. The first-order valence-corrected chi connectivity index (χ1v) is 11.1. The van der Waals surface area contributed by atoms with Gasteiger partial charge in [0.2, 0.25) is 11.8 Å². The van der Waals surface area contributed by atoms with Gasteiger partial charge in [0.05, 0.1) is 25.9 Å². The number of benzene rings is 1. The summed E-state index contributed by atoms with van der Waals surface area (Å²) in [4.78, 5) is 38.4. The molecule has 1 aromatic carbocycles. The van der Waals surface area contributed by atoms with Crippen LogP contribution >= 0.6 is 0 Å². The first-order chi connectivity index (χ1) is 15.2. The first kappa shape index (κ1) is 24.2. The number of ether oxygens (including phenoxy) is 1. The number of aliphatic hydroxyl groups is 2. The predicted octanol–water partition coefficient (Wildman–Crippen LogP) is -0.288. The van der Waals surface area contributed by atoms with E-state index in [9.17, 15) is 24.6 Å². The highest BCUT2D eigenvalue weighted by atomic mass is 16.6. The van der Waals surface area contributed by atoms with Crippen molar-refractivity contribution in [3.05, 3.63) is 29.3 Å². The number of hydrogen-bond acceptors (Lipinski definition) is 7. The molecule has 2 amide bonds. The maximum absolute atomic E-state index is 12.8. The van der Waals surface area contributed by atoms with Crippen LogP contribution in [0.2, 0.25) is 0 Å². The second-order valence-electron chi connectivity index (χ2n) is 9.16. The number of epoxide rings is 1. The zero-order chi connectivity index (χ0) is 23.5. The Balaban J connectivity index is 1.63. The molecule has 2 aliphatic rings. The lowest BCUT2D eigenvalue weighted by atomic mass is 9.82. The van der Waals surface area contributed by atoms with Crippen molar-refractivity contribution in [2.75, 3.05) is 25.6 Å². The van der Waals surface area contributed by atoms with Crippen molar-refractivity contribution < 1.29 is 29.3 Å². The Bertz CT molecular complexity index is 867. The third kappa shape index (κ3) is 5.28. The number of fused-ring (bicyclic) bond motifs is 1. The van der Waals surface area contributed by atoms with Crippen LogP contribution < -0.4 is 16.4 Å². The van der Waals surface area contributed by atoms with Crippen molar-refractivity contribution >= 4 is 23.3 Å². The summed E-state index contributed by atoms with van der Waals surface area (Å²) >= 11 is 0. The summed E-state index contributed by atoms with van der Waals surface area (Å²) in [5.74, 6) is -1.61. The summed E-state index contributed by atoms with van der Waals surface area (Å²) in [6.07, 6.45) is 2.13. The molecule has 176 valence electrons. The fourth-order valence-electron chi connectivity index (χ4n) is 4.24. The van der Waals surface area contributed by atoms with E-state index in [0.717, 1.165) is 16.8 Å². The van der Waals surface area contributed by atoms with Gasteiger partial charge in [0.15, 0.2) is 11.4 Å². The number of rotatable bonds is 10. The number of aliphatic hydroxyl groups excluding tert-OH is 2. The normalized spacial score (nSPS) is 23.7. The number of anilines is 1. The third-order valence-corrected chi connectivity index (χ3v) is 6.24. The van der Waals surface area contributed by atoms with Gasteiger partial charge in [-0.15, -0.1) is 0 Å². The molecule has 1 heterocycles. The Morgan fingerprint density at radius 2 is 1.94 bits per heavy atom. The van der Waals surface area contributed by atoms with Crippen LogP contribution in [0.1, 0.15) is 37.8 Å². The topological polar surface area (TPSA) is 154 Å². The molecule has 9 heteroatoms. The number of amides is 2. The van der Waals surface area contributed by atoms with Gasteiger partial charge in [0.1, 0.15) is 6.04 Å². The Morgan fingerprint density at radius 1 is 1.22 bits per heavy atom. The maximum Gasteiger partial charge on any atom is 0.245 e. The molecular formula is C23H33N3O6. The molecule has 6 N–H and O–H groups in total. The molecule has 0 saturated carbocycles. The molecule has 0 spiro atoms. The second-order valence-corrected chi connectivity index (χ2v) is 9.16. The van der Waals surface area contributed by atoms with Gasteiger partial charge in [-0.1, -0.05) is 26.0 Å². The van der Waals surface area contributed by atoms with Crippen molar-refractivity contribution in [3.8, 4) is 0 Å². The van der Waals surface area contributed by atoms with Gasteiger partial charge in [-0.2, -0.15) is 0 Å². The molecule has 1 aromatic rings. The minimum atomic E-state index is -1.26. The van der Waals surface area contributed by atoms with E-state index in [0.29, 0.717) is 25.7 Å². The van der Waals surface area contributed by atoms with Gasteiger partial charge in [-0.3, -0.25) is 14.4 Å². The molecule has 0 bridgehead atoms. The zero-order valence-corrected chi connectivity index (χ0v) is 18.6. The number of carbonyl (C=O) groups excluding carboxylic acids is 3. The summed E-state index contributed by atoms with van der Waals surface area (Å²) in [6.45, 7) is 2.87. The van der Waals surface area contributed by atoms with Gasteiger partial charge in [-0.05, 0) is 48.8 Å². The summed E-state index contributed by atoms with van der Waals surface area (Å²) in [6, 6.07) is 3.58. The Kier molecular flexibility index (Phi) is 7.53. The fourth-order valence-corrected chi connectivity index (χ4v) is 4.24. The smallest absolute Gasteiger partial charge is 0.245 e. The fraction of sp³-hybridized carbons (Fsp3) is 0.609. The molecular weight excluding hydrogens is 414 g/mol. The minimum absolute atomic E-state index is 0.0932. The van der Waals surface area contributed by atoms with Crippen LogP contribution in [0.3, 0.4) is 0 Å². The van der Waals surface area contributed by atoms with Gasteiger partial charge in [-0.25, -0.2) is 0 Å². The average molecular weight is 448 g/mol. The second kappa shape index (κ2) is 9.97. The summed E-state index contributed by atoms with van der Waals surface area (Å²) < 4.78 is 5.14. The van der Waals surface area contributed by atoms with E-state index >= 15 is 0 Å². The molecule has 3 rings (SSSR count). The van der Waals surface area contributed by atoms with E-state index in [1.54, 1.807) is 0 Å². The van der Waals surface area contributed by atoms with Crippen LogP contribution in [0.25, 0.3) is 0 Å². The average Bonchev–Trinajstić information content (AvgIpc) is 3.57. The quantitative estimate of drug-likeness (QED) is 0.244. The molecule has 4 atom stereocenters. The van der Waals surface area contributed by atoms with Crippen molar-refractivity contribution in [2.45, 2.75) is 57.2 Å². The number of carbonyl (C=O) groups is 3. The SMILES string of the molecule is CC(C)CC(NC(=O)[C@H](CO)NC(=O)C1CCc2c(N)cccc2C1)C(=O)C1(CO)CO1. The number of Topliss-reactive ketones (excluding diaryl/α,β-unsaturated/α-hetero) is 1. The minimum Gasteiger partial charge on any atom is -0.398 e. The summed E-state index contributed by atoms with van der Waals surface area (Å²) in [5.41, 5.74) is 7.55. The third-order valence-electron chi connectivity index (χ3n) is 6.24. The number of ketones is 1. The van der Waals surface area contributed by atoms with E-state index in [4.69, 9.17) is 10.5 Å². The highest BCUT2D eigenvalue weighted by molar-refractivity contribution is 5.98. The van der Waals surface area contributed by atoms with Crippen molar-refractivity contribution in [1.29, 1.82) is 0 Å². The van der Waals surface area contributed by atoms with Gasteiger partial charge < -0.3 is 31.3 Å². The standard InChI is InChI=1S/C23H33N3O6/c1-13(2)8-18(20(29)23(11-28)12-32-23)25-22(31)19(10-27)26-21(30)15-6-7-16-14(9-15)4-3-5-17(16)24/h3-5,13,15,18-19,27-28H,6-12,24H2,1-2H3,(H,25,31)(H,26,30)/t15?,18?,19-,23?/m0/s1. The summed E-state index contributed by atoms with van der Waals surface area (Å²) in [5, 5.41) is 24.5. The molecule has 1 saturated heterocycles.